The number of hydrogen-bond donors (Lipinski definition) is 0. The van der Waals surface area contributed by atoms with E-state index < -0.39 is 0 Å². The lowest BCUT2D eigenvalue weighted by Gasteiger charge is -2.10. The van der Waals surface area contributed by atoms with Crippen molar-refractivity contribution in [1.29, 1.82) is 0 Å². The highest BCUT2D eigenvalue weighted by Crippen LogP contribution is 2.41. The molecule has 0 bridgehead atoms. The molecular formula is C29H26. The zero-order valence-electron chi connectivity index (χ0n) is 17.6. The fraction of sp³-hybridized carbons (Fsp3) is 0.172. The lowest BCUT2D eigenvalue weighted by molar-refractivity contribution is 1.26. The average Bonchev–Trinajstić information content (AvgIpc) is 3.06. The maximum Gasteiger partial charge on any atom is -0.00130 e. The maximum atomic E-state index is 2.40. The van der Waals surface area contributed by atoms with Crippen molar-refractivity contribution in [3.63, 3.8) is 0 Å². The molecule has 0 unspecified atom stereocenters. The van der Waals surface area contributed by atoms with Crippen LogP contribution in [0, 0.1) is 27.7 Å². The van der Waals surface area contributed by atoms with E-state index in [1.807, 2.05) is 0 Å². The van der Waals surface area contributed by atoms with Crippen molar-refractivity contribution >= 4 is 0 Å². The molecule has 0 aliphatic heterocycles. The highest BCUT2D eigenvalue weighted by atomic mass is 14.2. The summed E-state index contributed by atoms with van der Waals surface area (Å²) in [5.41, 5.74) is 16.3. The average molecular weight is 375 g/mol. The van der Waals surface area contributed by atoms with Crippen LogP contribution in [-0.4, -0.2) is 0 Å². The summed E-state index contributed by atoms with van der Waals surface area (Å²) in [6.45, 7) is 8.72. The summed E-state index contributed by atoms with van der Waals surface area (Å²) in [6.07, 6.45) is 1.02. The number of aryl methyl sites for hydroxylation is 4. The van der Waals surface area contributed by atoms with Gasteiger partial charge < -0.3 is 0 Å². The summed E-state index contributed by atoms with van der Waals surface area (Å²) in [5.74, 6) is 0. The number of hydrogen-bond acceptors (Lipinski definition) is 0. The normalized spacial score (nSPS) is 12.0. The van der Waals surface area contributed by atoms with E-state index in [1.54, 1.807) is 0 Å². The molecule has 0 heteroatoms. The van der Waals surface area contributed by atoms with Gasteiger partial charge in [-0.05, 0) is 84.2 Å². The van der Waals surface area contributed by atoms with E-state index in [0.717, 1.165) is 6.42 Å². The van der Waals surface area contributed by atoms with Gasteiger partial charge in [0.2, 0.25) is 0 Å². The fourth-order valence-corrected chi connectivity index (χ4v) is 4.75. The third-order valence-electron chi connectivity index (χ3n) is 6.14. The first kappa shape index (κ1) is 17.9. The van der Waals surface area contributed by atoms with E-state index in [0.29, 0.717) is 0 Å². The van der Waals surface area contributed by atoms with Gasteiger partial charge in [-0.3, -0.25) is 0 Å². The van der Waals surface area contributed by atoms with Gasteiger partial charge in [0, 0.05) is 0 Å². The van der Waals surface area contributed by atoms with Crippen LogP contribution in [0.3, 0.4) is 0 Å². The molecule has 0 N–H and O–H groups in total. The highest BCUT2D eigenvalue weighted by molar-refractivity contribution is 5.83. The molecule has 4 aromatic carbocycles. The van der Waals surface area contributed by atoms with Gasteiger partial charge in [0.15, 0.2) is 0 Å². The smallest absolute Gasteiger partial charge is 0.00130 e. The van der Waals surface area contributed by atoms with Crippen LogP contribution >= 0.6 is 0 Å². The lowest BCUT2D eigenvalue weighted by atomic mass is 9.95. The fourth-order valence-electron chi connectivity index (χ4n) is 4.75. The molecular weight excluding hydrogens is 348 g/mol. The molecule has 0 aromatic heterocycles. The summed E-state index contributed by atoms with van der Waals surface area (Å²) in [7, 11) is 0. The minimum absolute atomic E-state index is 1.02. The molecule has 0 atom stereocenters. The van der Waals surface area contributed by atoms with Gasteiger partial charge in [-0.25, -0.2) is 0 Å². The van der Waals surface area contributed by atoms with Crippen LogP contribution < -0.4 is 0 Å². The van der Waals surface area contributed by atoms with Crippen molar-refractivity contribution in [1.82, 2.24) is 0 Å². The van der Waals surface area contributed by atoms with Crippen molar-refractivity contribution in [3.05, 3.63) is 106 Å². The molecule has 29 heavy (non-hydrogen) atoms. The SMILES string of the molecule is Cc1cc(C)cc(-c2ccc3c(c2)Cc2cc(-c4cc(C)ccc4C)ccc2-3)c1. The molecule has 1 aliphatic carbocycles. The Balaban J connectivity index is 1.54. The Bertz CT molecular complexity index is 1240. The molecule has 0 nitrogen and oxygen atoms in total. The van der Waals surface area contributed by atoms with Crippen LogP contribution in [0.25, 0.3) is 33.4 Å². The van der Waals surface area contributed by atoms with E-state index in [-0.39, 0.29) is 0 Å². The predicted octanol–water partition coefficient (Wildman–Crippen LogP) is 7.83. The Morgan fingerprint density at radius 2 is 1.07 bits per heavy atom. The van der Waals surface area contributed by atoms with Crippen LogP contribution in [0.15, 0.2) is 72.8 Å². The third-order valence-corrected chi connectivity index (χ3v) is 6.14. The monoisotopic (exact) mass is 374 g/mol. The summed E-state index contributed by atoms with van der Waals surface area (Å²) >= 11 is 0. The van der Waals surface area contributed by atoms with Crippen LogP contribution in [0.1, 0.15) is 33.4 Å². The predicted molar refractivity (Wildman–Crippen MR) is 125 cm³/mol. The van der Waals surface area contributed by atoms with Crippen LogP contribution in [-0.2, 0) is 6.42 Å². The quantitative estimate of drug-likeness (QED) is 0.295. The van der Waals surface area contributed by atoms with E-state index >= 15 is 0 Å². The van der Waals surface area contributed by atoms with Crippen molar-refractivity contribution in [2.75, 3.05) is 0 Å². The van der Waals surface area contributed by atoms with Crippen molar-refractivity contribution in [2.45, 2.75) is 34.1 Å². The highest BCUT2D eigenvalue weighted by Gasteiger charge is 2.20. The van der Waals surface area contributed by atoms with Crippen molar-refractivity contribution in [2.24, 2.45) is 0 Å². The molecule has 0 fully saturated rings. The molecule has 4 aromatic rings. The second-order valence-electron chi connectivity index (χ2n) is 8.62. The molecule has 0 heterocycles. The molecule has 0 saturated heterocycles. The Kier molecular flexibility index (Phi) is 4.17. The van der Waals surface area contributed by atoms with Gasteiger partial charge in [-0.1, -0.05) is 89.5 Å². The summed E-state index contributed by atoms with van der Waals surface area (Å²) in [6, 6.07) is 27.5. The van der Waals surface area contributed by atoms with Crippen LogP contribution in [0.2, 0.25) is 0 Å². The second kappa shape index (κ2) is 6.74. The first-order valence-corrected chi connectivity index (χ1v) is 10.4. The molecule has 0 spiro atoms. The topological polar surface area (TPSA) is 0 Å². The Morgan fingerprint density at radius 1 is 0.448 bits per heavy atom. The molecule has 0 saturated carbocycles. The van der Waals surface area contributed by atoms with E-state index in [9.17, 15) is 0 Å². The third kappa shape index (κ3) is 3.19. The number of fused-ring (bicyclic) bond motifs is 3. The van der Waals surface area contributed by atoms with E-state index in [1.165, 1.54) is 66.8 Å². The molecule has 1 aliphatic rings. The van der Waals surface area contributed by atoms with Gasteiger partial charge in [0.05, 0.1) is 0 Å². The van der Waals surface area contributed by atoms with Crippen molar-refractivity contribution < 1.29 is 0 Å². The summed E-state index contributed by atoms with van der Waals surface area (Å²) < 4.78 is 0. The Morgan fingerprint density at radius 3 is 1.76 bits per heavy atom. The first-order valence-electron chi connectivity index (χ1n) is 10.4. The summed E-state index contributed by atoms with van der Waals surface area (Å²) in [4.78, 5) is 0. The number of rotatable bonds is 2. The lowest BCUT2D eigenvalue weighted by Crippen LogP contribution is -1.87. The molecule has 0 radical (unpaired) electrons. The van der Waals surface area contributed by atoms with Crippen LogP contribution in [0.4, 0.5) is 0 Å². The van der Waals surface area contributed by atoms with Gasteiger partial charge in [0.1, 0.15) is 0 Å². The van der Waals surface area contributed by atoms with Gasteiger partial charge in [-0.2, -0.15) is 0 Å². The number of benzene rings is 4. The zero-order valence-corrected chi connectivity index (χ0v) is 17.6. The first-order chi connectivity index (χ1) is 14.0. The van der Waals surface area contributed by atoms with E-state index in [2.05, 4.69) is 100 Å². The van der Waals surface area contributed by atoms with Gasteiger partial charge in [-0.15, -0.1) is 0 Å². The van der Waals surface area contributed by atoms with Crippen molar-refractivity contribution in [3.8, 4) is 33.4 Å². The Labute approximate surface area is 173 Å². The summed E-state index contributed by atoms with van der Waals surface area (Å²) in [5, 5.41) is 0. The molecule has 5 rings (SSSR count). The molecule has 142 valence electrons. The standard InChI is InChI=1S/C29H26/c1-18-5-6-21(4)29(14-18)23-8-10-28-26(16-23)17-25-15-22(7-9-27(25)28)24-12-19(2)11-20(3)13-24/h5-16H,17H2,1-4H3. The largest absolute Gasteiger partial charge is 0.0590 e. The second-order valence-corrected chi connectivity index (χ2v) is 8.62. The minimum Gasteiger partial charge on any atom is -0.0590 e. The van der Waals surface area contributed by atoms with Gasteiger partial charge in [0.25, 0.3) is 0 Å². The Hall–Kier alpha value is -3.12. The van der Waals surface area contributed by atoms with E-state index in [4.69, 9.17) is 0 Å². The zero-order chi connectivity index (χ0) is 20.1. The minimum atomic E-state index is 1.02. The maximum absolute atomic E-state index is 2.40. The van der Waals surface area contributed by atoms with Crippen LogP contribution in [0.5, 0.6) is 0 Å². The van der Waals surface area contributed by atoms with Gasteiger partial charge >= 0.3 is 0 Å². The molecule has 0 amide bonds.